The molecule has 3 nitrogen and oxygen atoms in total. The smallest absolute Gasteiger partial charge is 0.158 e. The molecule has 0 saturated heterocycles. The number of hydrogen-bond acceptors (Lipinski definition) is 3. The summed E-state index contributed by atoms with van der Waals surface area (Å²) in [5, 5.41) is 8.68. The summed E-state index contributed by atoms with van der Waals surface area (Å²) in [5.41, 5.74) is 0. The molecule has 1 N–H and O–H groups in total. The second-order valence-corrected chi connectivity index (χ2v) is 2.90. The molecule has 0 radical (unpaired) electrons. The van der Waals surface area contributed by atoms with Gasteiger partial charge in [0.05, 0.1) is 18.5 Å². The zero-order chi connectivity index (χ0) is 7.28. The second kappa shape index (κ2) is 4.90. The molecule has 56 valence electrons. The van der Waals surface area contributed by atoms with Gasteiger partial charge in [0, 0.05) is 0 Å². The molecule has 0 bridgehead atoms. The van der Waals surface area contributed by atoms with Crippen molar-refractivity contribution in [2.45, 2.75) is 20.0 Å². The molecular formula is C5H12O3S. The molecule has 0 aliphatic rings. The summed E-state index contributed by atoms with van der Waals surface area (Å²) in [5.74, 6) is 0.202. The van der Waals surface area contributed by atoms with Gasteiger partial charge in [0.25, 0.3) is 0 Å². The van der Waals surface area contributed by atoms with E-state index >= 15 is 0 Å². The van der Waals surface area contributed by atoms with Crippen molar-refractivity contribution in [3.05, 3.63) is 0 Å². The van der Waals surface area contributed by atoms with E-state index in [1.807, 2.05) is 0 Å². The maximum Gasteiger partial charge on any atom is 0.158 e. The van der Waals surface area contributed by atoms with Crippen molar-refractivity contribution in [1.82, 2.24) is 0 Å². The van der Waals surface area contributed by atoms with Gasteiger partial charge in [-0.1, -0.05) is 0 Å². The molecule has 0 aromatic heterocycles. The number of aliphatic hydroxyl groups is 1. The lowest BCUT2D eigenvalue weighted by Gasteiger charge is -2.01. The Balaban J connectivity index is 3.27. The fraction of sp³-hybridized carbons (Fsp3) is 1.00. The minimum Gasteiger partial charge on any atom is -0.392 e. The second-order valence-electron chi connectivity index (χ2n) is 1.73. The van der Waals surface area contributed by atoms with Crippen LogP contribution in [0.5, 0.6) is 0 Å². The van der Waals surface area contributed by atoms with Gasteiger partial charge in [-0.25, -0.2) is 4.21 Å². The highest BCUT2D eigenvalue weighted by Gasteiger charge is 2.02. The van der Waals surface area contributed by atoms with E-state index in [0.717, 1.165) is 0 Å². The summed E-state index contributed by atoms with van der Waals surface area (Å²) in [7, 11) is 0. The van der Waals surface area contributed by atoms with Gasteiger partial charge in [-0.05, 0) is 13.8 Å². The van der Waals surface area contributed by atoms with E-state index in [0.29, 0.717) is 6.61 Å². The van der Waals surface area contributed by atoms with Crippen molar-refractivity contribution >= 4 is 11.1 Å². The van der Waals surface area contributed by atoms with Gasteiger partial charge in [0.15, 0.2) is 11.1 Å². The summed E-state index contributed by atoms with van der Waals surface area (Å²) in [6.07, 6.45) is -0.544. The zero-order valence-corrected chi connectivity index (χ0v) is 6.48. The van der Waals surface area contributed by atoms with Crippen LogP contribution in [0.3, 0.4) is 0 Å². The monoisotopic (exact) mass is 152 g/mol. The maximum absolute atomic E-state index is 10.6. The van der Waals surface area contributed by atoms with Crippen LogP contribution in [-0.4, -0.2) is 27.8 Å². The van der Waals surface area contributed by atoms with E-state index in [1.54, 1.807) is 13.8 Å². The normalized spacial score (nSPS) is 17.2. The van der Waals surface area contributed by atoms with Gasteiger partial charge in [-0.15, -0.1) is 0 Å². The molecule has 0 rings (SSSR count). The first-order valence-electron chi connectivity index (χ1n) is 2.86. The Morgan fingerprint density at radius 1 is 1.78 bits per heavy atom. The van der Waals surface area contributed by atoms with Crippen molar-refractivity contribution in [2.75, 3.05) is 12.4 Å². The predicted octanol–water partition coefficient (Wildman–Crippen LogP) is 0.0674. The van der Waals surface area contributed by atoms with Gasteiger partial charge in [-0.3, -0.25) is 4.18 Å². The zero-order valence-electron chi connectivity index (χ0n) is 5.66. The summed E-state index contributed by atoms with van der Waals surface area (Å²) < 4.78 is 15.2. The first-order valence-corrected chi connectivity index (χ1v) is 4.11. The average molecular weight is 152 g/mol. The highest BCUT2D eigenvalue weighted by Crippen LogP contribution is 1.89. The van der Waals surface area contributed by atoms with Gasteiger partial charge in [0.1, 0.15) is 0 Å². The third-order valence-electron chi connectivity index (χ3n) is 0.627. The highest BCUT2D eigenvalue weighted by atomic mass is 32.2. The molecule has 0 saturated carbocycles. The summed E-state index contributed by atoms with van der Waals surface area (Å²) in [4.78, 5) is 0. The molecule has 0 aliphatic carbocycles. The van der Waals surface area contributed by atoms with E-state index < -0.39 is 17.2 Å². The van der Waals surface area contributed by atoms with Crippen LogP contribution in [0.2, 0.25) is 0 Å². The van der Waals surface area contributed by atoms with Crippen molar-refractivity contribution in [2.24, 2.45) is 0 Å². The van der Waals surface area contributed by atoms with Crippen LogP contribution in [0.15, 0.2) is 0 Å². The fourth-order valence-electron chi connectivity index (χ4n) is 0.376. The Hall–Kier alpha value is 0.0700. The minimum absolute atomic E-state index is 0.202. The fourth-order valence-corrected chi connectivity index (χ4v) is 1.13. The van der Waals surface area contributed by atoms with Crippen LogP contribution in [-0.2, 0) is 15.3 Å². The largest absolute Gasteiger partial charge is 0.392 e. The topological polar surface area (TPSA) is 46.5 Å². The van der Waals surface area contributed by atoms with Crippen LogP contribution in [0.4, 0.5) is 0 Å². The molecule has 9 heavy (non-hydrogen) atoms. The standard InChI is InChI=1S/C5H12O3S/c1-3-8-9(7)4-5(2)6/h5-6H,3-4H2,1-2H3. The Kier molecular flexibility index (Phi) is 4.94. The molecule has 4 heteroatoms. The number of hydrogen-bond donors (Lipinski definition) is 1. The summed E-state index contributed by atoms with van der Waals surface area (Å²) in [6.45, 7) is 3.77. The Bertz CT molecular complexity index is 92.2. The molecule has 2 atom stereocenters. The molecular weight excluding hydrogens is 140 g/mol. The highest BCUT2D eigenvalue weighted by molar-refractivity contribution is 7.80. The van der Waals surface area contributed by atoms with Crippen molar-refractivity contribution < 1.29 is 13.5 Å². The van der Waals surface area contributed by atoms with Crippen LogP contribution in [0, 0.1) is 0 Å². The van der Waals surface area contributed by atoms with E-state index in [-0.39, 0.29) is 5.75 Å². The van der Waals surface area contributed by atoms with E-state index in [1.165, 1.54) is 0 Å². The summed E-state index contributed by atoms with van der Waals surface area (Å²) >= 11 is -1.30. The lowest BCUT2D eigenvalue weighted by Crippen LogP contribution is -2.13. The van der Waals surface area contributed by atoms with Gasteiger partial charge < -0.3 is 5.11 Å². The Labute approximate surface area is 57.7 Å². The number of aliphatic hydroxyl groups excluding tert-OH is 1. The molecule has 0 fully saturated rings. The van der Waals surface area contributed by atoms with Gasteiger partial charge >= 0.3 is 0 Å². The average Bonchev–Trinajstić information content (AvgIpc) is 1.63. The van der Waals surface area contributed by atoms with Crippen molar-refractivity contribution in [3.63, 3.8) is 0 Å². The molecule has 0 heterocycles. The molecule has 0 amide bonds. The van der Waals surface area contributed by atoms with Crippen molar-refractivity contribution in [1.29, 1.82) is 0 Å². The maximum atomic E-state index is 10.6. The van der Waals surface area contributed by atoms with Crippen LogP contribution >= 0.6 is 0 Å². The van der Waals surface area contributed by atoms with E-state index in [4.69, 9.17) is 5.11 Å². The first-order chi connectivity index (χ1) is 4.16. The Morgan fingerprint density at radius 2 is 2.33 bits per heavy atom. The summed E-state index contributed by atoms with van der Waals surface area (Å²) in [6, 6.07) is 0. The van der Waals surface area contributed by atoms with E-state index in [2.05, 4.69) is 4.18 Å². The Morgan fingerprint density at radius 3 is 2.67 bits per heavy atom. The van der Waals surface area contributed by atoms with Gasteiger partial charge in [0.2, 0.25) is 0 Å². The molecule has 0 spiro atoms. The van der Waals surface area contributed by atoms with Crippen molar-refractivity contribution in [3.8, 4) is 0 Å². The first kappa shape index (κ1) is 9.07. The lowest BCUT2D eigenvalue weighted by atomic mass is 10.5. The third kappa shape index (κ3) is 5.95. The van der Waals surface area contributed by atoms with Crippen LogP contribution in [0.1, 0.15) is 13.8 Å². The lowest BCUT2D eigenvalue weighted by molar-refractivity contribution is 0.215. The van der Waals surface area contributed by atoms with Crippen LogP contribution in [0.25, 0.3) is 0 Å². The van der Waals surface area contributed by atoms with Crippen LogP contribution < -0.4 is 0 Å². The minimum atomic E-state index is -1.30. The van der Waals surface area contributed by atoms with E-state index in [9.17, 15) is 4.21 Å². The molecule has 2 unspecified atom stereocenters. The third-order valence-corrected chi connectivity index (χ3v) is 1.88. The quantitative estimate of drug-likeness (QED) is 0.620. The van der Waals surface area contributed by atoms with Gasteiger partial charge in [-0.2, -0.15) is 0 Å². The SMILES string of the molecule is CCOS(=O)CC(C)O. The molecule has 0 aromatic rings. The number of rotatable bonds is 4. The molecule has 0 aromatic carbocycles. The predicted molar refractivity (Wildman–Crippen MR) is 36.3 cm³/mol. The molecule has 0 aliphatic heterocycles.